The molecule has 0 N–H and O–H groups in total. The third-order valence-electron chi connectivity index (χ3n) is 9.33. The van der Waals surface area contributed by atoms with Crippen LogP contribution in [0, 0.1) is 0 Å². The van der Waals surface area contributed by atoms with Crippen LogP contribution in [0.15, 0.2) is 180 Å². The third kappa shape index (κ3) is 3.69. The van der Waals surface area contributed by atoms with Gasteiger partial charge in [0.05, 0.1) is 11.1 Å². The number of rotatable bonds is 5. The minimum Gasteiger partial charge on any atom is -0.456 e. The van der Waals surface area contributed by atoms with Gasteiger partial charge in [0.2, 0.25) is 0 Å². The van der Waals surface area contributed by atoms with Crippen molar-refractivity contribution in [2.75, 3.05) is 4.90 Å². The van der Waals surface area contributed by atoms with E-state index in [1.54, 1.807) is 0 Å². The van der Waals surface area contributed by atoms with Crippen LogP contribution in [-0.2, 0) is 5.41 Å². The first kappa shape index (κ1) is 25.6. The number of benzene rings is 7. The van der Waals surface area contributed by atoms with Crippen LogP contribution in [0.4, 0.5) is 17.1 Å². The molecule has 8 aromatic rings. The van der Waals surface area contributed by atoms with Crippen molar-refractivity contribution in [3.05, 3.63) is 198 Å². The molecule has 0 radical (unpaired) electrons. The molecule has 0 fully saturated rings. The normalized spacial score (nSPS) is 13.1. The zero-order chi connectivity index (χ0) is 29.8. The lowest BCUT2D eigenvalue weighted by Crippen LogP contribution is -2.31. The Labute approximate surface area is 262 Å². The van der Waals surface area contributed by atoms with Gasteiger partial charge in [0.25, 0.3) is 0 Å². The van der Waals surface area contributed by atoms with E-state index in [2.05, 4.69) is 181 Å². The largest absolute Gasteiger partial charge is 0.456 e. The Kier molecular flexibility index (Phi) is 5.76. The predicted octanol–water partition coefficient (Wildman–Crippen LogP) is 11.4. The Hall–Kier alpha value is -5.86. The lowest BCUT2D eigenvalue weighted by molar-refractivity contribution is 0.648. The van der Waals surface area contributed by atoms with Crippen LogP contribution in [-0.4, -0.2) is 0 Å². The van der Waals surface area contributed by atoms with Crippen LogP contribution in [0.3, 0.4) is 0 Å². The van der Waals surface area contributed by atoms with E-state index in [1.807, 2.05) is 0 Å². The van der Waals surface area contributed by atoms with Gasteiger partial charge in [-0.25, -0.2) is 0 Å². The Morgan fingerprint density at radius 2 is 0.933 bits per heavy atom. The van der Waals surface area contributed by atoms with Crippen LogP contribution in [0.5, 0.6) is 0 Å². The predicted molar refractivity (Wildman–Crippen MR) is 186 cm³/mol. The van der Waals surface area contributed by atoms with Crippen molar-refractivity contribution >= 4 is 39.0 Å². The number of para-hydroxylation sites is 3. The summed E-state index contributed by atoms with van der Waals surface area (Å²) in [4.78, 5) is 2.39. The van der Waals surface area contributed by atoms with Crippen LogP contribution in [0.2, 0.25) is 0 Å². The van der Waals surface area contributed by atoms with Gasteiger partial charge < -0.3 is 9.32 Å². The number of anilines is 3. The number of nitrogens with zero attached hydrogens (tertiary/aromatic N) is 1. The molecule has 7 aromatic carbocycles. The molecule has 0 saturated heterocycles. The first-order valence-corrected chi connectivity index (χ1v) is 15.5. The Bertz CT molecular complexity index is 2240. The lowest BCUT2D eigenvalue weighted by Gasteiger charge is -2.38. The standard InChI is InChI=1S/C43H29NO/c1-4-16-30(17-5-1)43(37-25-13-10-22-33(37)34-23-11-14-26-38(34)43)41-39(29-28-36-35-24-12-15-27-40(35)45-42(36)41)44(31-18-6-2-7-19-31)32-20-8-3-9-21-32/h1-29H. The van der Waals surface area contributed by atoms with Crippen molar-refractivity contribution < 1.29 is 4.42 Å². The molecule has 212 valence electrons. The molecular weight excluding hydrogens is 546 g/mol. The fourth-order valence-electron chi connectivity index (χ4n) is 7.56. The maximum absolute atomic E-state index is 7.01. The van der Waals surface area contributed by atoms with Gasteiger partial charge in [0, 0.05) is 27.7 Å². The molecule has 1 aliphatic carbocycles. The first-order valence-electron chi connectivity index (χ1n) is 15.5. The van der Waals surface area contributed by atoms with Crippen LogP contribution in [0.1, 0.15) is 22.3 Å². The fraction of sp³-hybridized carbons (Fsp3) is 0.0233. The number of fused-ring (bicyclic) bond motifs is 6. The summed E-state index contributed by atoms with van der Waals surface area (Å²) >= 11 is 0. The van der Waals surface area contributed by atoms with E-state index < -0.39 is 5.41 Å². The molecule has 1 aliphatic rings. The van der Waals surface area contributed by atoms with Gasteiger partial charge in [-0.1, -0.05) is 133 Å². The van der Waals surface area contributed by atoms with Crippen molar-refractivity contribution in [3.63, 3.8) is 0 Å². The van der Waals surface area contributed by atoms with Crippen LogP contribution in [0.25, 0.3) is 33.1 Å². The second-order valence-electron chi connectivity index (χ2n) is 11.6. The number of hydrogen-bond donors (Lipinski definition) is 0. The average Bonchev–Trinajstić information content (AvgIpc) is 3.64. The van der Waals surface area contributed by atoms with E-state index >= 15 is 0 Å². The molecule has 45 heavy (non-hydrogen) atoms. The molecule has 0 saturated carbocycles. The van der Waals surface area contributed by atoms with Crippen molar-refractivity contribution in [3.8, 4) is 11.1 Å². The highest BCUT2D eigenvalue weighted by atomic mass is 16.3. The third-order valence-corrected chi connectivity index (χ3v) is 9.33. The minimum absolute atomic E-state index is 0.654. The topological polar surface area (TPSA) is 16.4 Å². The smallest absolute Gasteiger partial charge is 0.142 e. The van der Waals surface area contributed by atoms with Gasteiger partial charge in [-0.2, -0.15) is 0 Å². The van der Waals surface area contributed by atoms with Crippen molar-refractivity contribution in [2.24, 2.45) is 0 Å². The molecule has 1 heterocycles. The van der Waals surface area contributed by atoms with Crippen molar-refractivity contribution in [1.29, 1.82) is 0 Å². The van der Waals surface area contributed by atoms with Gasteiger partial charge in [-0.3, -0.25) is 0 Å². The summed E-state index contributed by atoms with van der Waals surface area (Å²) in [6.07, 6.45) is 0. The Morgan fingerprint density at radius 3 is 1.56 bits per heavy atom. The van der Waals surface area contributed by atoms with E-state index in [-0.39, 0.29) is 0 Å². The molecule has 1 aromatic heterocycles. The molecule has 2 nitrogen and oxygen atoms in total. The van der Waals surface area contributed by atoms with E-state index in [0.717, 1.165) is 44.6 Å². The summed E-state index contributed by atoms with van der Waals surface area (Å²) in [7, 11) is 0. The molecule has 0 atom stereocenters. The number of furan rings is 1. The Morgan fingerprint density at radius 1 is 0.422 bits per heavy atom. The fourth-order valence-corrected chi connectivity index (χ4v) is 7.56. The maximum atomic E-state index is 7.01. The summed E-state index contributed by atoms with van der Waals surface area (Å²) < 4.78 is 7.01. The molecular formula is C43H29NO. The Balaban J connectivity index is 1.52. The minimum atomic E-state index is -0.654. The summed E-state index contributed by atoms with van der Waals surface area (Å²) in [5, 5.41) is 2.23. The molecule has 0 unspecified atom stereocenters. The van der Waals surface area contributed by atoms with Gasteiger partial charge in [-0.05, 0) is 70.3 Å². The number of hydrogen-bond acceptors (Lipinski definition) is 2. The van der Waals surface area contributed by atoms with Gasteiger partial charge >= 0.3 is 0 Å². The van der Waals surface area contributed by atoms with Crippen molar-refractivity contribution in [1.82, 2.24) is 0 Å². The molecule has 0 aliphatic heterocycles. The van der Waals surface area contributed by atoms with E-state index in [0.29, 0.717) is 0 Å². The second kappa shape index (κ2) is 10.1. The van der Waals surface area contributed by atoms with E-state index in [9.17, 15) is 0 Å². The van der Waals surface area contributed by atoms with Gasteiger partial charge in [0.1, 0.15) is 11.2 Å². The molecule has 0 amide bonds. The maximum Gasteiger partial charge on any atom is 0.142 e. The van der Waals surface area contributed by atoms with Crippen molar-refractivity contribution in [2.45, 2.75) is 5.41 Å². The first-order chi connectivity index (χ1) is 22.4. The van der Waals surface area contributed by atoms with Gasteiger partial charge in [-0.15, -0.1) is 0 Å². The molecule has 2 heteroatoms. The quantitative estimate of drug-likeness (QED) is 0.203. The zero-order valence-corrected chi connectivity index (χ0v) is 24.6. The zero-order valence-electron chi connectivity index (χ0n) is 24.6. The van der Waals surface area contributed by atoms with Crippen LogP contribution < -0.4 is 4.90 Å². The highest BCUT2D eigenvalue weighted by Gasteiger charge is 2.49. The van der Waals surface area contributed by atoms with Crippen LogP contribution >= 0.6 is 0 Å². The second-order valence-corrected chi connectivity index (χ2v) is 11.6. The average molecular weight is 576 g/mol. The molecule has 0 bridgehead atoms. The summed E-state index contributed by atoms with van der Waals surface area (Å²) in [6.45, 7) is 0. The highest BCUT2D eigenvalue weighted by molar-refractivity contribution is 6.09. The molecule has 0 spiro atoms. The monoisotopic (exact) mass is 575 g/mol. The van der Waals surface area contributed by atoms with Gasteiger partial charge in [0.15, 0.2) is 0 Å². The van der Waals surface area contributed by atoms with E-state index in [1.165, 1.54) is 27.8 Å². The summed E-state index contributed by atoms with van der Waals surface area (Å²) in [6, 6.07) is 63.0. The lowest BCUT2D eigenvalue weighted by atomic mass is 9.66. The van der Waals surface area contributed by atoms with E-state index in [4.69, 9.17) is 4.42 Å². The summed E-state index contributed by atoms with van der Waals surface area (Å²) in [5.41, 5.74) is 11.7. The molecule has 9 rings (SSSR count). The highest BCUT2D eigenvalue weighted by Crippen LogP contribution is 2.60. The SMILES string of the molecule is c1ccc(N(c2ccccc2)c2ccc3c(oc4ccccc43)c2C2(c3ccccc3)c3ccccc3-c3ccccc32)cc1. The summed E-state index contributed by atoms with van der Waals surface area (Å²) in [5.74, 6) is 0.